The van der Waals surface area contributed by atoms with Crippen LogP contribution in [0.5, 0.6) is 17.2 Å². The predicted molar refractivity (Wildman–Crippen MR) is 158 cm³/mol. The molecular formula is C27H22Cl3N3O5S. The highest BCUT2D eigenvalue weighted by Gasteiger charge is 2.32. The van der Waals surface area contributed by atoms with Crippen LogP contribution in [0.3, 0.4) is 0 Å². The third-order valence-corrected chi connectivity index (χ3v) is 7.42. The number of hydrogen-bond acceptors (Lipinski definition) is 7. The van der Waals surface area contributed by atoms with Crippen LogP contribution in [0.2, 0.25) is 15.1 Å². The van der Waals surface area contributed by atoms with E-state index in [0.717, 1.165) is 11.8 Å². The number of hydrogen-bond donors (Lipinski definition) is 1. The molecule has 0 atom stereocenters. The fraction of sp³-hybridized carbons (Fsp3) is 0.148. The zero-order valence-corrected chi connectivity index (χ0v) is 24.0. The van der Waals surface area contributed by atoms with Crippen LogP contribution < -0.4 is 24.4 Å². The van der Waals surface area contributed by atoms with Gasteiger partial charge in [0.05, 0.1) is 53.5 Å². The minimum atomic E-state index is -0.370. The summed E-state index contributed by atoms with van der Waals surface area (Å²) < 4.78 is 16.2. The van der Waals surface area contributed by atoms with Crippen LogP contribution in [0.25, 0.3) is 6.08 Å². The summed E-state index contributed by atoms with van der Waals surface area (Å²) in [6.07, 6.45) is 1.62. The van der Waals surface area contributed by atoms with Gasteiger partial charge >= 0.3 is 0 Å². The van der Waals surface area contributed by atoms with E-state index in [2.05, 4.69) is 10.3 Å². The summed E-state index contributed by atoms with van der Waals surface area (Å²) in [7, 11) is 4.53. The molecule has 0 fully saturated rings. The first-order valence-electron chi connectivity index (χ1n) is 11.3. The molecule has 0 aromatic heterocycles. The van der Waals surface area contributed by atoms with Gasteiger partial charge in [0.25, 0.3) is 5.91 Å². The number of carbonyl (C=O) groups is 2. The van der Waals surface area contributed by atoms with Gasteiger partial charge in [-0.3, -0.25) is 14.5 Å². The lowest BCUT2D eigenvalue weighted by atomic mass is 10.1. The van der Waals surface area contributed by atoms with E-state index in [1.165, 1.54) is 38.4 Å². The van der Waals surface area contributed by atoms with Crippen LogP contribution in [-0.4, -0.2) is 44.1 Å². The van der Waals surface area contributed by atoms with Crippen LogP contribution >= 0.6 is 46.6 Å². The fourth-order valence-corrected chi connectivity index (χ4v) is 5.08. The van der Waals surface area contributed by atoms with Gasteiger partial charge in [0.15, 0.2) is 16.7 Å². The topological polar surface area (TPSA) is 89.5 Å². The second-order valence-corrected chi connectivity index (χ2v) is 10.1. The number of nitrogens with zero attached hydrogens (tertiary/aromatic N) is 2. The molecule has 2 amide bonds. The monoisotopic (exact) mass is 605 g/mol. The first kappa shape index (κ1) is 28.6. The van der Waals surface area contributed by atoms with Crippen molar-refractivity contribution in [2.75, 3.05) is 37.3 Å². The summed E-state index contributed by atoms with van der Waals surface area (Å²) in [6, 6.07) is 15.4. The summed E-state index contributed by atoms with van der Waals surface area (Å²) in [6.45, 7) is 0. The largest absolute Gasteiger partial charge is 0.493 e. The van der Waals surface area contributed by atoms with Crippen molar-refractivity contribution in [2.45, 2.75) is 0 Å². The molecule has 12 heteroatoms. The third kappa shape index (κ3) is 6.45. The SMILES string of the molecule is COc1cc(/C=C2/N=C(SCC(=O)Nc3cc(Cl)c(Cl)cc3Cl)N(c3ccccc3)C2=O)cc(OC)c1OC. The van der Waals surface area contributed by atoms with Crippen molar-refractivity contribution in [1.29, 1.82) is 0 Å². The molecule has 0 radical (unpaired) electrons. The normalized spacial score (nSPS) is 13.9. The highest BCUT2D eigenvalue weighted by Crippen LogP contribution is 2.39. The maximum absolute atomic E-state index is 13.5. The number of anilines is 2. The van der Waals surface area contributed by atoms with Crippen LogP contribution in [0.4, 0.5) is 11.4 Å². The lowest BCUT2D eigenvalue weighted by molar-refractivity contribution is -0.114. The Morgan fingerprint density at radius 3 is 2.21 bits per heavy atom. The van der Waals surface area contributed by atoms with E-state index in [1.807, 2.05) is 18.2 Å². The van der Waals surface area contributed by atoms with Gasteiger partial charge in [0, 0.05) is 0 Å². The second kappa shape index (κ2) is 12.7. The number of nitrogens with one attached hydrogen (secondary N) is 1. The van der Waals surface area contributed by atoms with E-state index in [4.69, 9.17) is 49.0 Å². The van der Waals surface area contributed by atoms with Gasteiger partial charge in [-0.2, -0.15) is 0 Å². The van der Waals surface area contributed by atoms with E-state index in [-0.39, 0.29) is 38.3 Å². The average Bonchev–Trinajstić information content (AvgIpc) is 3.24. The number of para-hydroxylation sites is 1. The maximum Gasteiger partial charge on any atom is 0.283 e. The number of rotatable bonds is 8. The zero-order chi connectivity index (χ0) is 28.1. The van der Waals surface area contributed by atoms with Crippen molar-refractivity contribution in [3.05, 3.63) is 80.9 Å². The molecule has 3 aromatic carbocycles. The average molecular weight is 607 g/mol. The molecule has 1 aliphatic rings. The number of benzene rings is 3. The Morgan fingerprint density at radius 2 is 1.59 bits per heavy atom. The fourth-order valence-electron chi connectivity index (χ4n) is 3.68. The first-order valence-corrected chi connectivity index (χ1v) is 13.4. The quantitative estimate of drug-likeness (QED) is 0.224. The lowest BCUT2D eigenvalue weighted by Gasteiger charge is -2.17. The van der Waals surface area contributed by atoms with Crippen LogP contribution in [-0.2, 0) is 9.59 Å². The van der Waals surface area contributed by atoms with Crippen LogP contribution in [0.1, 0.15) is 5.56 Å². The molecule has 0 aliphatic carbocycles. The Morgan fingerprint density at radius 1 is 0.949 bits per heavy atom. The molecule has 0 saturated carbocycles. The van der Waals surface area contributed by atoms with E-state index >= 15 is 0 Å². The number of methoxy groups -OCH3 is 3. The Balaban J connectivity index is 1.62. The molecule has 39 heavy (non-hydrogen) atoms. The van der Waals surface area contributed by atoms with Gasteiger partial charge in [-0.1, -0.05) is 64.8 Å². The van der Waals surface area contributed by atoms with Gasteiger partial charge < -0.3 is 19.5 Å². The van der Waals surface area contributed by atoms with E-state index in [9.17, 15) is 9.59 Å². The van der Waals surface area contributed by atoms with Gasteiger partial charge in [-0.05, 0) is 48.0 Å². The molecule has 0 spiro atoms. The molecular weight excluding hydrogens is 585 g/mol. The van der Waals surface area contributed by atoms with E-state index in [0.29, 0.717) is 39.4 Å². The van der Waals surface area contributed by atoms with E-state index < -0.39 is 0 Å². The molecule has 0 saturated heterocycles. The Labute approximate surface area is 244 Å². The van der Waals surface area contributed by atoms with Crippen molar-refractivity contribution in [3.8, 4) is 17.2 Å². The molecule has 4 rings (SSSR count). The summed E-state index contributed by atoms with van der Waals surface area (Å²) in [5.74, 6) is 0.522. The predicted octanol–water partition coefficient (Wildman–Crippen LogP) is 6.79. The van der Waals surface area contributed by atoms with Crippen molar-refractivity contribution >= 4 is 81.0 Å². The van der Waals surface area contributed by atoms with Crippen LogP contribution in [0.15, 0.2) is 65.3 Å². The molecule has 1 heterocycles. The minimum absolute atomic E-state index is 0.0521. The number of amides is 2. The third-order valence-electron chi connectivity index (χ3n) is 5.45. The molecule has 1 N–H and O–H groups in total. The number of amidine groups is 1. The Hall–Kier alpha value is -3.37. The summed E-state index contributed by atoms with van der Waals surface area (Å²) in [4.78, 5) is 32.2. The molecule has 0 unspecified atom stereocenters. The molecule has 0 bridgehead atoms. The number of carbonyl (C=O) groups excluding carboxylic acids is 2. The Bertz CT molecular complexity index is 1460. The lowest BCUT2D eigenvalue weighted by Crippen LogP contribution is -2.31. The minimum Gasteiger partial charge on any atom is -0.493 e. The number of ether oxygens (including phenoxy) is 3. The van der Waals surface area contributed by atoms with Crippen molar-refractivity contribution in [1.82, 2.24) is 0 Å². The van der Waals surface area contributed by atoms with E-state index in [1.54, 1.807) is 30.3 Å². The summed E-state index contributed by atoms with van der Waals surface area (Å²) in [5, 5.41) is 3.82. The van der Waals surface area contributed by atoms with Crippen LogP contribution in [0, 0.1) is 0 Å². The van der Waals surface area contributed by atoms with Gasteiger partial charge in [0.2, 0.25) is 11.7 Å². The van der Waals surface area contributed by atoms with Crippen molar-refractivity contribution in [2.24, 2.45) is 4.99 Å². The van der Waals surface area contributed by atoms with Crippen molar-refractivity contribution in [3.63, 3.8) is 0 Å². The number of halogens is 3. The van der Waals surface area contributed by atoms with Gasteiger partial charge in [-0.15, -0.1) is 0 Å². The standard InChI is InChI=1S/C27H22Cl3N3O5S/c1-36-22-10-15(11-23(37-2)25(22)38-3)9-21-26(35)33(16-7-5-4-6-8-16)27(32-21)39-14-24(34)31-20-13-18(29)17(28)12-19(20)30/h4-13H,14H2,1-3H3,(H,31,34)/b21-9+. The highest BCUT2D eigenvalue weighted by atomic mass is 35.5. The number of aliphatic imine (C=N–C) groups is 1. The first-order chi connectivity index (χ1) is 18.7. The summed E-state index contributed by atoms with van der Waals surface area (Å²) >= 11 is 19.3. The second-order valence-electron chi connectivity index (χ2n) is 7.94. The highest BCUT2D eigenvalue weighted by molar-refractivity contribution is 8.14. The Kier molecular flexibility index (Phi) is 9.29. The van der Waals surface area contributed by atoms with Gasteiger partial charge in [-0.25, -0.2) is 4.99 Å². The molecule has 1 aliphatic heterocycles. The summed E-state index contributed by atoms with van der Waals surface area (Å²) in [5.41, 5.74) is 1.71. The smallest absolute Gasteiger partial charge is 0.283 e. The van der Waals surface area contributed by atoms with Gasteiger partial charge in [0.1, 0.15) is 5.70 Å². The molecule has 3 aromatic rings. The van der Waals surface area contributed by atoms with Crippen molar-refractivity contribution < 1.29 is 23.8 Å². The molecule has 202 valence electrons. The molecule has 8 nitrogen and oxygen atoms in total. The number of thioether (sulfide) groups is 1. The maximum atomic E-state index is 13.5. The zero-order valence-electron chi connectivity index (χ0n) is 21.0.